The highest BCUT2D eigenvalue weighted by Crippen LogP contribution is 2.45. The molecule has 332 valence electrons. The van der Waals surface area contributed by atoms with Crippen LogP contribution in [0, 0.1) is 5.92 Å². The van der Waals surface area contributed by atoms with Crippen molar-refractivity contribution in [2.75, 3.05) is 0 Å². The molecular weight excluding hydrogens is 841 g/mol. The average molecular weight is 883 g/mol. The molecule has 6 aromatic carbocycles. The number of ether oxygens (including phenoxy) is 3. The van der Waals surface area contributed by atoms with Crippen LogP contribution in [-0.2, 0) is 15.6 Å². The first-order valence-electron chi connectivity index (χ1n) is 19.9. The van der Waals surface area contributed by atoms with E-state index in [1.807, 2.05) is 63.2 Å². The van der Waals surface area contributed by atoms with E-state index in [4.69, 9.17) is 14.2 Å². The summed E-state index contributed by atoms with van der Waals surface area (Å²) >= 11 is 0. The molecule has 0 heterocycles. The van der Waals surface area contributed by atoms with Crippen molar-refractivity contribution < 1.29 is 74.6 Å². The molecule has 0 saturated heterocycles. The molecule has 0 bridgehead atoms. The van der Waals surface area contributed by atoms with E-state index in [9.17, 15) is 60.3 Å². The van der Waals surface area contributed by atoms with Crippen LogP contribution >= 0.6 is 0 Å². The van der Waals surface area contributed by atoms with Gasteiger partial charge in [0, 0.05) is 10.8 Å². The monoisotopic (exact) mass is 882 g/mol. The smallest absolute Gasteiger partial charge is 0.343 e. The molecule has 0 amide bonds. The van der Waals surface area contributed by atoms with Gasteiger partial charge in [-0.3, -0.25) is 0 Å². The number of hydrogen-bond donors (Lipinski definition) is 9. The van der Waals surface area contributed by atoms with Crippen LogP contribution in [0.15, 0.2) is 133 Å². The number of carbonyl (C=O) groups excluding carboxylic acids is 3. The van der Waals surface area contributed by atoms with Crippen molar-refractivity contribution in [3.8, 4) is 63.2 Å². The molecule has 0 fully saturated rings. The Labute approximate surface area is 370 Å². The summed E-state index contributed by atoms with van der Waals surface area (Å²) in [6.45, 7) is 6.10. The first-order valence-corrected chi connectivity index (χ1v) is 19.9. The lowest BCUT2D eigenvalue weighted by Gasteiger charge is -2.39. The first-order chi connectivity index (χ1) is 30.8. The maximum absolute atomic E-state index is 12.9. The minimum atomic E-state index is -0.892. The summed E-state index contributed by atoms with van der Waals surface area (Å²) in [5.74, 6) is -8.70. The molecule has 1 aliphatic rings. The Morgan fingerprint density at radius 3 is 1.11 bits per heavy atom. The number of aromatic hydroxyl groups is 9. The van der Waals surface area contributed by atoms with Gasteiger partial charge in [0.05, 0.1) is 16.7 Å². The topological polar surface area (TPSA) is 261 Å². The fourth-order valence-electron chi connectivity index (χ4n) is 7.57. The van der Waals surface area contributed by atoms with Gasteiger partial charge in [-0.05, 0) is 107 Å². The van der Waals surface area contributed by atoms with Crippen molar-refractivity contribution >= 4 is 17.9 Å². The lowest BCUT2D eigenvalue weighted by Crippen LogP contribution is -2.33. The third-order valence-electron chi connectivity index (χ3n) is 11.6. The van der Waals surface area contributed by atoms with E-state index in [-0.39, 0.29) is 39.9 Å². The fraction of sp³-hybridized carbons (Fsp3) is 0.140. The predicted octanol–water partition coefficient (Wildman–Crippen LogP) is 8.42. The first kappa shape index (κ1) is 44.5. The van der Waals surface area contributed by atoms with Crippen molar-refractivity contribution in [1.29, 1.82) is 0 Å². The summed E-state index contributed by atoms with van der Waals surface area (Å²) in [5, 5.41) is 88.2. The number of phenolic OH excluding ortho intramolecular Hbond substituents is 9. The largest absolute Gasteiger partial charge is 0.504 e. The summed E-state index contributed by atoms with van der Waals surface area (Å²) < 4.78 is 16.5. The second kappa shape index (κ2) is 17.3. The predicted molar refractivity (Wildman–Crippen MR) is 233 cm³/mol. The van der Waals surface area contributed by atoms with Crippen molar-refractivity contribution in [2.24, 2.45) is 5.92 Å². The molecule has 0 aromatic heterocycles. The lowest BCUT2D eigenvalue weighted by atomic mass is 9.65. The molecule has 2 atom stereocenters. The number of rotatable bonds is 11. The molecule has 6 aromatic rings. The Bertz CT molecular complexity index is 2830. The van der Waals surface area contributed by atoms with Gasteiger partial charge in [-0.1, -0.05) is 75.4 Å². The molecule has 15 nitrogen and oxygen atoms in total. The Balaban J connectivity index is 1.14. The number of benzene rings is 6. The van der Waals surface area contributed by atoms with Crippen LogP contribution in [0.3, 0.4) is 0 Å². The third-order valence-corrected chi connectivity index (χ3v) is 11.6. The zero-order valence-electron chi connectivity index (χ0n) is 34.9. The van der Waals surface area contributed by atoms with Crippen molar-refractivity contribution in [1.82, 2.24) is 0 Å². The minimum absolute atomic E-state index is 0.157. The normalized spacial score (nSPS) is 14.4. The van der Waals surface area contributed by atoms with Crippen LogP contribution in [-0.4, -0.2) is 63.9 Å². The number of allylic oxidation sites excluding steroid dienone is 3. The van der Waals surface area contributed by atoms with Crippen LogP contribution in [0.5, 0.6) is 63.2 Å². The number of carbonyl (C=O) groups is 3. The standard InChI is InChI=1S/C50H42O15/c1-49(2,30-8-14-34(15-9-30)63-46(60)26-20-37(51)43(57)38(52)21-26)29-4-6-31(7-5-29)50(3,32-10-16-35(17-11-32)64-47(61)27-22-39(53)44(58)40(54)23-27)33-12-18-36(19-13-33)65-48(62)28-24-41(55)45(59)42(56)25-28/h4-12,14-25,33,51-59H,13H2,1-3H3. The summed E-state index contributed by atoms with van der Waals surface area (Å²) in [6.07, 6.45) is 5.65. The maximum Gasteiger partial charge on any atom is 0.343 e. The van der Waals surface area contributed by atoms with E-state index in [1.165, 1.54) is 0 Å². The van der Waals surface area contributed by atoms with Gasteiger partial charge < -0.3 is 60.2 Å². The summed E-state index contributed by atoms with van der Waals surface area (Å²) in [7, 11) is 0. The Morgan fingerprint density at radius 1 is 0.462 bits per heavy atom. The van der Waals surface area contributed by atoms with Crippen LogP contribution in [0.1, 0.15) is 80.5 Å². The Morgan fingerprint density at radius 2 is 0.769 bits per heavy atom. The third kappa shape index (κ3) is 8.88. The van der Waals surface area contributed by atoms with Gasteiger partial charge in [0.1, 0.15) is 17.3 Å². The highest BCUT2D eigenvalue weighted by Gasteiger charge is 2.38. The molecule has 7 rings (SSSR count). The van der Waals surface area contributed by atoms with Gasteiger partial charge in [-0.15, -0.1) is 0 Å². The van der Waals surface area contributed by atoms with Gasteiger partial charge in [-0.2, -0.15) is 0 Å². The van der Waals surface area contributed by atoms with E-state index in [1.54, 1.807) is 48.6 Å². The van der Waals surface area contributed by atoms with E-state index in [0.717, 1.165) is 58.7 Å². The zero-order valence-corrected chi connectivity index (χ0v) is 34.9. The average Bonchev–Trinajstić information content (AvgIpc) is 3.29. The summed E-state index contributed by atoms with van der Waals surface area (Å²) in [5.41, 5.74) is 1.66. The number of esters is 3. The van der Waals surface area contributed by atoms with Crippen molar-refractivity contribution in [3.05, 3.63) is 172 Å². The van der Waals surface area contributed by atoms with Crippen LogP contribution < -0.4 is 9.47 Å². The zero-order chi connectivity index (χ0) is 47.0. The highest BCUT2D eigenvalue weighted by molar-refractivity contribution is 5.93. The lowest BCUT2D eigenvalue weighted by molar-refractivity contribution is 0.0631. The molecule has 0 radical (unpaired) electrons. The molecule has 0 saturated carbocycles. The van der Waals surface area contributed by atoms with Gasteiger partial charge in [0.25, 0.3) is 0 Å². The molecule has 2 unspecified atom stereocenters. The summed E-state index contributed by atoms with van der Waals surface area (Å²) in [4.78, 5) is 38.6. The molecule has 1 aliphatic carbocycles. The molecule has 0 spiro atoms. The van der Waals surface area contributed by atoms with Crippen LogP contribution in [0.25, 0.3) is 0 Å². The number of phenols is 9. The van der Waals surface area contributed by atoms with E-state index >= 15 is 0 Å². The van der Waals surface area contributed by atoms with Crippen LogP contribution in [0.4, 0.5) is 0 Å². The van der Waals surface area contributed by atoms with Crippen LogP contribution in [0.2, 0.25) is 0 Å². The highest BCUT2D eigenvalue weighted by atomic mass is 16.5. The molecular formula is C50H42O15. The van der Waals surface area contributed by atoms with Crippen molar-refractivity contribution in [3.63, 3.8) is 0 Å². The van der Waals surface area contributed by atoms with Gasteiger partial charge in [0.15, 0.2) is 51.7 Å². The van der Waals surface area contributed by atoms with E-state index in [2.05, 4.69) is 0 Å². The summed E-state index contributed by atoms with van der Waals surface area (Å²) in [6, 6.07) is 27.5. The maximum atomic E-state index is 12.9. The fourth-order valence-corrected chi connectivity index (χ4v) is 7.57. The van der Waals surface area contributed by atoms with Gasteiger partial charge in [0.2, 0.25) is 0 Å². The second-order valence-corrected chi connectivity index (χ2v) is 16.0. The molecule has 65 heavy (non-hydrogen) atoms. The molecule has 0 aliphatic heterocycles. The van der Waals surface area contributed by atoms with Gasteiger partial charge in [-0.25, -0.2) is 14.4 Å². The molecule has 15 heteroatoms. The minimum Gasteiger partial charge on any atom is -0.504 e. The quantitative estimate of drug-likeness (QED) is 0.0336. The molecule has 9 N–H and O–H groups in total. The van der Waals surface area contributed by atoms with Gasteiger partial charge >= 0.3 is 17.9 Å². The SMILES string of the molecule is CC(C)(c1ccc(OC(=O)c2cc(O)c(O)c(O)c2)cc1)c1ccc(C(C)(c2ccc(OC(=O)c3cc(O)c(O)c(O)c3)cc2)C2C=CC(OC(=O)c3cc(O)c(O)c(O)c3)=CC2)cc1. The van der Waals surface area contributed by atoms with E-state index < -0.39 is 80.5 Å². The second-order valence-electron chi connectivity index (χ2n) is 16.0. The number of hydrogen-bond acceptors (Lipinski definition) is 15. The Kier molecular flexibility index (Phi) is 11.8. The van der Waals surface area contributed by atoms with E-state index in [0.29, 0.717) is 6.42 Å². The van der Waals surface area contributed by atoms with Crippen molar-refractivity contribution in [2.45, 2.75) is 38.0 Å². The Hall–Kier alpha value is -8.59.